The Hall–Kier alpha value is -0.870. The van der Waals surface area contributed by atoms with Crippen LogP contribution < -0.4 is 5.32 Å². The maximum absolute atomic E-state index is 4.28. The summed E-state index contributed by atoms with van der Waals surface area (Å²) in [5, 5.41) is 8.15. The van der Waals surface area contributed by atoms with Crippen molar-refractivity contribution in [1.29, 1.82) is 0 Å². The van der Waals surface area contributed by atoms with Crippen LogP contribution in [0.3, 0.4) is 0 Å². The average molecular weight is 276 g/mol. The molecule has 0 radical (unpaired) electrons. The molecule has 2 aliphatic rings. The summed E-state index contributed by atoms with van der Waals surface area (Å²) < 4.78 is 2.01. The van der Waals surface area contributed by atoms with Gasteiger partial charge in [0.25, 0.3) is 0 Å². The van der Waals surface area contributed by atoms with E-state index in [-0.39, 0.29) is 0 Å². The summed E-state index contributed by atoms with van der Waals surface area (Å²) in [6.45, 7) is 5.89. The van der Waals surface area contributed by atoms with Crippen molar-refractivity contribution in [1.82, 2.24) is 20.0 Å². The molecule has 1 aromatic heterocycles. The molecule has 1 saturated carbocycles. The minimum atomic E-state index is 0.429. The molecule has 1 aliphatic heterocycles. The van der Waals surface area contributed by atoms with Gasteiger partial charge in [-0.3, -0.25) is 9.58 Å². The highest BCUT2D eigenvalue weighted by molar-refractivity contribution is 5.04. The highest BCUT2D eigenvalue weighted by Crippen LogP contribution is 2.33. The number of aromatic nitrogens is 2. The Morgan fingerprint density at radius 1 is 1.40 bits per heavy atom. The van der Waals surface area contributed by atoms with Crippen LogP contribution in [0.5, 0.6) is 0 Å². The first-order valence-electron chi connectivity index (χ1n) is 8.18. The second-order valence-corrected chi connectivity index (χ2v) is 6.60. The zero-order valence-corrected chi connectivity index (χ0v) is 12.9. The molecule has 112 valence electrons. The van der Waals surface area contributed by atoms with E-state index in [0.29, 0.717) is 11.6 Å². The Bertz CT molecular complexity index is 433. The minimum absolute atomic E-state index is 0.429. The van der Waals surface area contributed by atoms with Gasteiger partial charge in [-0.1, -0.05) is 19.8 Å². The van der Waals surface area contributed by atoms with Crippen molar-refractivity contribution in [2.45, 2.75) is 57.0 Å². The number of nitrogens with zero attached hydrogens (tertiary/aromatic N) is 3. The van der Waals surface area contributed by atoms with E-state index in [2.05, 4.69) is 28.3 Å². The highest BCUT2D eigenvalue weighted by Gasteiger charge is 2.40. The van der Waals surface area contributed by atoms with Gasteiger partial charge in [-0.25, -0.2) is 0 Å². The van der Waals surface area contributed by atoms with Crippen molar-refractivity contribution in [2.75, 3.05) is 19.6 Å². The molecule has 1 atom stereocenters. The Morgan fingerprint density at radius 3 is 2.85 bits per heavy atom. The van der Waals surface area contributed by atoms with Crippen molar-refractivity contribution in [3.05, 3.63) is 18.0 Å². The zero-order valence-electron chi connectivity index (χ0n) is 12.9. The first kappa shape index (κ1) is 14.1. The number of nitrogens with one attached hydrogen (secondary N) is 1. The van der Waals surface area contributed by atoms with Crippen LogP contribution in [0.1, 0.15) is 44.7 Å². The summed E-state index contributed by atoms with van der Waals surface area (Å²) >= 11 is 0. The largest absolute Gasteiger partial charge is 0.308 e. The van der Waals surface area contributed by atoms with E-state index in [1.807, 2.05) is 17.9 Å². The van der Waals surface area contributed by atoms with Gasteiger partial charge in [-0.05, 0) is 25.3 Å². The van der Waals surface area contributed by atoms with Gasteiger partial charge in [0.1, 0.15) is 0 Å². The van der Waals surface area contributed by atoms with Crippen LogP contribution in [0.25, 0.3) is 0 Å². The molecule has 2 heterocycles. The Morgan fingerprint density at radius 2 is 2.20 bits per heavy atom. The summed E-state index contributed by atoms with van der Waals surface area (Å²) in [4.78, 5) is 2.73. The summed E-state index contributed by atoms with van der Waals surface area (Å²) in [5.74, 6) is 0. The highest BCUT2D eigenvalue weighted by atomic mass is 15.3. The van der Waals surface area contributed by atoms with Gasteiger partial charge in [-0.15, -0.1) is 0 Å². The lowest BCUT2D eigenvalue weighted by Gasteiger charge is -2.46. The van der Waals surface area contributed by atoms with E-state index in [1.165, 1.54) is 57.4 Å². The summed E-state index contributed by atoms with van der Waals surface area (Å²) in [6.07, 6.45) is 9.80. The zero-order chi connectivity index (χ0) is 14.0. The molecule has 2 fully saturated rings. The number of hydrogen-bond donors (Lipinski definition) is 1. The Kier molecular flexibility index (Phi) is 4.13. The number of piperazine rings is 1. The first-order chi connectivity index (χ1) is 9.72. The van der Waals surface area contributed by atoms with E-state index in [9.17, 15) is 0 Å². The molecule has 20 heavy (non-hydrogen) atoms. The predicted molar refractivity (Wildman–Crippen MR) is 81.8 cm³/mol. The van der Waals surface area contributed by atoms with E-state index < -0.39 is 0 Å². The smallest absolute Gasteiger partial charge is 0.0492 e. The number of rotatable bonds is 4. The van der Waals surface area contributed by atoms with Crippen LogP contribution in [-0.4, -0.2) is 45.9 Å². The molecule has 3 rings (SSSR count). The molecule has 0 bridgehead atoms. The molecule has 1 N–H and O–H groups in total. The third-order valence-electron chi connectivity index (χ3n) is 5.34. The maximum Gasteiger partial charge on any atom is 0.0492 e. The van der Waals surface area contributed by atoms with Crippen molar-refractivity contribution >= 4 is 0 Å². The van der Waals surface area contributed by atoms with Crippen LogP contribution in [0.15, 0.2) is 12.3 Å². The normalized spacial score (nSPS) is 26.4. The Labute approximate surface area is 122 Å². The molecule has 4 heteroatoms. The fourth-order valence-corrected chi connectivity index (χ4v) is 3.99. The molecule has 0 amide bonds. The lowest BCUT2D eigenvalue weighted by molar-refractivity contribution is 0.0790. The lowest BCUT2D eigenvalue weighted by atomic mass is 9.91. The topological polar surface area (TPSA) is 33.1 Å². The van der Waals surface area contributed by atoms with Crippen molar-refractivity contribution in [3.8, 4) is 0 Å². The van der Waals surface area contributed by atoms with E-state index in [0.717, 1.165) is 6.42 Å². The van der Waals surface area contributed by atoms with Gasteiger partial charge >= 0.3 is 0 Å². The molecule has 1 saturated heterocycles. The van der Waals surface area contributed by atoms with Gasteiger partial charge in [0.05, 0.1) is 0 Å². The summed E-state index contributed by atoms with van der Waals surface area (Å²) in [7, 11) is 2.04. The fourth-order valence-electron chi connectivity index (χ4n) is 3.99. The Balaban J connectivity index is 1.63. The van der Waals surface area contributed by atoms with Gasteiger partial charge in [0, 0.05) is 56.6 Å². The van der Waals surface area contributed by atoms with Crippen LogP contribution in [0.2, 0.25) is 0 Å². The molecule has 1 aliphatic carbocycles. The summed E-state index contributed by atoms with van der Waals surface area (Å²) in [6, 6.07) is 2.85. The van der Waals surface area contributed by atoms with Gasteiger partial charge < -0.3 is 5.32 Å². The van der Waals surface area contributed by atoms with Gasteiger partial charge in [0.2, 0.25) is 0 Å². The molecule has 1 unspecified atom stereocenters. The predicted octanol–water partition coefficient (Wildman–Crippen LogP) is 1.96. The first-order valence-corrected chi connectivity index (χ1v) is 8.18. The van der Waals surface area contributed by atoms with Crippen LogP contribution in [0, 0.1) is 0 Å². The number of aryl methyl sites for hydroxylation is 1. The monoisotopic (exact) mass is 276 g/mol. The SMILES string of the molecule is CCC1CNC2(CCCC2)CN1CCc1ccnn1C. The van der Waals surface area contributed by atoms with Gasteiger partial charge in [0.15, 0.2) is 0 Å². The maximum atomic E-state index is 4.28. The molecular formula is C16H28N4. The number of hydrogen-bond acceptors (Lipinski definition) is 3. The fraction of sp³-hybridized carbons (Fsp3) is 0.812. The third-order valence-corrected chi connectivity index (χ3v) is 5.34. The van der Waals surface area contributed by atoms with E-state index in [4.69, 9.17) is 0 Å². The lowest BCUT2D eigenvalue weighted by Crippen LogP contribution is -2.63. The molecule has 4 nitrogen and oxygen atoms in total. The van der Waals surface area contributed by atoms with Crippen molar-refractivity contribution in [3.63, 3.8) is 0 Å². The average Bonchev–Trinajstić information content (AvgIpc) is 3.07. The molecule has 1 aromatic rings. The summed E-state index contributed by atoms with van der Waals surface area (Å²) in [5.41, 5.74) is 1.77. The van der Waals surface area contributed by atoms with Crippen LogP contribution >= 0.6 is 0 Å². The van der Waals surface area contributed by atoms with Crippen LogP contribution in [-0.2, 0) is 13.5 Å². The quantitative estimate of drug-likeness (QED) is 0.912. The molecular weight excluding hydrogens is 248 g/mol. The second-order valence-electron chi connectivity index (χ2n) is 6.60. The molecule has 0 aromatic carbocycles. The van der Waals surface area contributed by atoms with Crippen LogP contribution in [0.4, 0.5) is 0 Å². The van der Waals surface area contributed by atoms with E-state index >= 15 is 0 Å². The second kappa shape index (κ2) is 5.86. The minimum Gasteiger partial charge on any atom is -0.308 e. The van der Waals surface area contributed by atoms with E-state index in [1.54, 1.807) is 0 Å². The van der Waals surface area contributed by atoms with Crippen molar-refractivity contribution < 1.29 is 0 Å². The van der Waals surface area contributed by atoms with Gasteiger partial charge in [-0.2, -0.15) is 5.10 Å². The standard InChI is InChI=1S/C16H28N4/c1-3-14-12-17-16(8-4-5-9-16)13-20(14)11-7-15-6-10-18-19(15)2/h6,10,14,17H,3-5,7-9,11-13H2,1-2H3. The molecule has 1 spiro atoms. The third kappa shape index (κ3) is 2.77. The van der Waals surface area contributed by atoms with Crippen molar-refractivity contribution in [2.24, 2.45) is 7.05 Å².